The van der Waals surface area contributed by atoms with Gasteiger partial charge in [0, 0.05) is 11.8 Å². The predicted octanol–water partition coefficient (Wildman–Crippen LogP) is 4.14. The van der Waals surface area contributed by atoms with Gasteiger partial charge in [-0.1, -0.05) is 12.1 Å². The molecule has 1 heterocycles. The molecule has 6 nitrogen and oxygen atoms in total. The van der Waals surface area contributed by atoms with Gasteiger partial charge < -0.3 is 4.74 Å². The van der Waals surface area contributed by atoms with Crippen molar-refractivity contribution in [3.63, 3.8) is 0 Å². The molecule has 2 aliphatic rings. The second-order valence-corrected chi connectivity index (χ2v) is 9.01. The van der Waals surface area contributed by atoms with E-state index in [9.17, 15) is 4.79 Å². The molecule has 1 amide bonds. The second-order valence-electron chi connectivity index (χ2n) is 7.47. The van der Waals surface area contributed by atoms with E-state index >= 15 is 0 Å². The van der Waals surface area contributed by atoms with Crippen LogP contribution in [0.25, 0.3) is 0 Å². The van der Waals surface area contributed by atoms with Crippen molar-refractivity contribution in [1.82, 2.24) is 15.2 Å². The van der Waals surface area contributed by atoms with E-state index in [-0.39, 0.29) is 17.8 Å². The van der Waals surface area contributed by atoms with E-state index in [4.69, 9.17) is 27.9 Å². The molecular weight excluding hydrogens is 375 g/mol. The van der Waals surface area contributed by atoms with Crippen molar-refractivity contribution in [2.24, 2.45) is 0 Å². The number of ether oxygens (including phenoxy) is 1. The van der Waals surface area contributed by atoms with Crippen molar-refractivity contribution in [2.45, 2.75) is 54.9 Å². The van der Waals surface area contributed by atoms with Gasteiger partial charge in [0.2, 0.25) is 5.95 Å². The molecule has 26 heavy (non-hydrogen) atoms. The van der Waals surface area contributed by atoms with Crippen molar-refractivity contribution >= 4 is 35.1 Å². The van der Waals surface area contributed by atoms with Crippen LogP contribution in [0.3, 0.4) is 0 Å². The molecule has 138 valence electrons. The normalized spacial score (nSPS) is 21.3. The van der Waals surface area contributed by atoms with E-state index in [1.165, 1.54) is 0 Å². The summed E-state index contributed by atoms with van der Waals surface area (Å²) >= 11 is 12.2. The Balaban J connectivity index is 1.38. The molecule has 0 aliphatic heterocycles. The number of halogens is 2. The Labute approximate surface area is 161 Å². The van der Waals surface area contributed by atoms with E-state index in [0.717, 1.165) is 30.7 Å². The van der Waals surface area contributed by atoms with Crippen LogP contribution in [0.15, 0.2) is 24.3 Å². The summed E-state index contributed by atoms with van der Waals surface area (Å²) in [5.74, 6) is 1.98. The highest BCUT2D eigenvalue weighted by Gasteiger charge is 2.52. The minimum Gasteiger partial charge on any atom is -0.478 e. The van der Waals surface area contributed by atoms with Crippen LogP contribution in [-0.4, -0.2) is 31.0 Å². The zero-order valence-corrected chi connectivity index (χ0v) is 16.1. The zero-order valence-electron chi connectivity index (χ0n) is 14.6. The third kappa shape index (κ3) is 3.67. The van der Waals surface area contributed by atoms with E-state index in [1.54, 1.807) is 13.8 Å². The first-order valence-electron chi connectivity index (χ1n) is 8.65. The lowest BCUT2D eigenvalue weighted by atomic mass is 10.1. The molecule has 0 radical (unpaired) electrons. The monoisotopic (exact) mass is 394 g/mol. The Kier molecular flexibility index (Phi) is 4.15. The lowest BCUT2D eigenvalue weighted by molar-refractivity contribution is -0.128. The Morgan fingerprint density at radius 1 is 1.31 bits per heavy atom. The highest BCUT2D eigenvalue weighted by atomic mass is 35.5. The average Bonchev–Trinajstić information content (AvgIpc) is 3.47. The summed E-state index contributed by atoms with van der Waals surface area (Å²) < 4.78 is 5.21. The molecular formula is C18H20Cl2N4O2. The molecule has 2 N–H and O–H groups in total. The molecule has 0 spiro atoms. The van der Waals surface area contributed by atoms with E-state index in [1.807, 2.05) is 24.3 Å². The van der Waals surface area contributed by atoms with Crippen molar-refractivity contribution in [2.75, 3.05) is 5.32 Å². The fourth-order valence-electron chi connectivity index (χ4n) is 2.81. The number of aromatic nitrogens is 3. The number of carbonyl (C=O) groups excluding carboxylic acids is 1. The molecule has 1 aromatic carbocycles. The fraction of sp³-hybridized carbons (Fsp3) is 0.500. The number of aromatic amines is 1. The van der Waals surface area contributed by atoms with Gasteiger partial charge in [0.1, 0.15) is 15.9 Å². The van der Waals surface area contributed by atoms with Gasteiger partial charge in [0.15, 0.2) is 5.60 Å². The van der Waals surface area contributed by atoms with Crippen LogP contribution < -0.4 is 10.1 Å². The largest absolute Gasteiger partial charge is 0.478 e. The Morgan fingerprint density at radius 2 is 1.96 bits per heavy atom. The van der Waals surface area contributed by atoms with Crippen LogP contribution in [0.1, 0.15) is 56.3 Å². The molecule has 1 aromatic heterocycles. The van der Waals surface area contributed by atoms with Gasteiger partial charge in [-0.05, 0) is 50.8 Å². The smallest absolute Gasteiger partial charge is 0.270 e. The minimum absolute atomic E-state index is 0.155. The molecule has 2 aromatic rings. The number of rotatable bonds is 6. The number of alkyl halides is 2. The summed E-state index contributed by atoms with van der Waals surface area (Å²) in [7, 11) is 0. The highest BCUT2D eigenvalue weighted by Crippen LogP contribution is 2.59. The molecule has 2 aliphatic carbocycles. The van der Waals surface area contributed by atoms with Gasteiger partial charge in [-0.25, -0.2) is 0 Å². The lowest BCUT2D eigenvalue weighted by Crippen LogP contribution is -2.42. The summed E-state index contributed by atoms with van der Waals surface area (Å²) in [5, 5.41) is 9.61. The Hall–Kier alpha value is -1.79. The molecule has 0 saturated heterocycles. The third-order valence-corrected chi connectivity index (χ3v) is 5.56. The van der Waals surface area contributed by atoms with Crippen molar-refractivity contribution in [1.29, 1.82) is 0 Å². The van der Waals surface area contributed by atoms with Gasteiger partial charge in [-0.3, -0.25) is 15.2 Å². The highest BCUT2D eigenvalue weighted by molar-refractivity contribution is 6.51. The average molecular weight is 395 g/mol. The van der Waals surface area contributed by atoms with Crippen LogP contribution in [0.2, 0.25) is 0 Å². The predicted molar refractivity (Wildman–Crippen MR) is 99.9 cm³/mol. The fourth-order valence-corrected chi connectivity index (χ4v) is 3.37. The first-order valence-corrected chi connectivity index (χ1v) is 9.41. The van der Waals surface area contributed by atoms with Gasteiger partial charge >= 0.3 is 0 Å². The maximum atomic E-state index is 12.5. The first-order chi connectivity index (χ1) is 12.2. The molecule has 1 atom stereocenters. The standard InChI is InChI=1S/C18H20Cl2N4O2/c1-17(2,15(25)22-16-21-14(23-24-16)11-3-4-11)26-12-7-5-10(6-8-12)13-9-18(13,19)20/h5-8,11,13H,3-4,9H2,1-2H3,(H2,21,22,23,24,25)/t13-/m0/s1. The van der Waals surface area contributed by atoms with Crippen molar-refractivity contribution < 1.29 is 9.53 Å². The quantitative estimate of drug-likeness (QED) is 0.721. The summed E-state index contributed by atoms with van der Waals surface area (Å²) in [6.45, 7) is 3.41. The van der Waals surface area contributed by atoms with Gasteiger partial charge in [-0.15, -0.1) is 28.3 Å². The third-order valence-electron chi connectivity index (χ3n) is 4.72. The topological polar surface area (TPSA) is 79.9 Å². The number of carbonyl (C=O) groups is 1. The van der Waals surface area contributed by atoms with Gasteiger partial charge in [0.25, 0.3) is 5.91 Å². The second kappa shape index (κ2) is 6.13. The molecule has 0 unspecified atom stereocenters. The molecule has 8 heteroatoms. The number of benzene rings is 1. The SMILES string of the molecule is CC(C)(Oc1ccc([C@@H]2CC2(Cl)Cl)cc1)C(=O)Nc1n[nH]c(C2CC2)n1. The molecule has 4 rings (SSSR count). The summed E-state index contributed by atoms with van der Waals surface area (Å²) in [5.41, 5.74) is -0.0116. The number of amides is 1. The molecule has 2 fully saturated rings. The van der Waals surface area contributed by atoms with Crippen LogP contribution in [0.4, 0.5) is 5.95 Å². The summed E-state index contributed by atoms with van der Waals surface area (Å²) in [6, 6.07) is 7.50. The van der Waals surface area contributed by atoms with E-state index < -0.39 is 9.93 Å². The summed E-state index contributed by atoms with van der Waals surface area (Å²) in [6.07, 6.45) is 2.98. The molecule has 0 bridgehead atoms. The number of nitrogens with zero attached hydrogens (tertiary/aromatic N) is 2. The zero-order chi connectivity index (χ0) is 18.5. The van der Waals surface area contributed by atoms with Crippen LogP contribution in [-0.2, 0) is 4.79 Å². The summed E-state index contributed by atoms with van der Waals surface area (Å²) in [4.78, 5) is 16.8. The maximum Gasteiger partial charge on any atom is 0.270 e. The van der Waals surface area contributed by atoms with Crippen LogP contribution in [0, 0.1) is 0 Å². The number of hydrogen-bond donors (Lipinski definition) is 2. The number of anilines is 1. The van der Waals surface area contributed by atoms with E-state index in [2.05, 4.69) is 20.5 Å². The lowest BCUT2D eigenvalue weighted by Gasteiger charge is -2.24. The number of nitrogens with one attached hydrogen (secondary N) is 2. The van der Waals surface area contributed by atoms with Crippen molar-refractivity contribution in [3.05, 3.63) is 35.7 Å². The van der Waals surface area contributed by atoms with Crippen LogP contribution in [0.5, 0.6) is 5.75 Å². The Morgan fingerprint density at radius 3 is 2.54 bits per heavy atom. The van der Waals surface area contributed by atoms with Crippen molar-refractivity contribution in [3.8, 4) is 5.75 Å². The Bertz CT molecular complexity index is 828. The maximum absolute atomic E-state index is 12.5. The van der Waals surface area contributed by atoms with Gasteiger partial charge in [0.05, 0.1) is 0 Å². The number of H-pyrrole nitrogens is 1. The first kappa shape index (κ1) is 17.6. The minimum atomic E-state index is -1.08. The number of hydrogen-bond acceptors (Lipinski definition) is 4. The molecule has 2 saturated carbocycles. The van der Waals surface area contributed by atoms with Crippen LogP contribution >= 0.6 is 23.2 Å². The van der Waals surface area contributed by atoms with Gasteiger partial charge in [-0.2, -0.15) is 4.98 Å². The van der Waals surface area contributed by atoms with E-state index in [0.29, 0.717) is 11.7 Å².